The van der Waals surface area contributed by atoms with E-state index < -0.39 is 5.54 Å². The molecule has 112 valence electrons. The summed E-state index contributed by atoms with van der Waals surface area (Å²) in [6, 6.07) is 8.81. The molecule has 0 aliphatic carbocycles. The number of aliphatic hydroxyl groups excluding tert-OH is 1. The molecule has 1 aromatic rings. The fourth-order valence-electron chi connectivity index (χ4n) is 2.90. The van der Waals surface area contributed by atoms with Gasteiger partial charge in [0.05, 0.1) is 6.61 Å². The van der Waals surface area contributed by atoms with E-state index in [9.17, 15) is 0 Å². The third kappa shape index (κ3) is 4.58. The average Bonchev–Trinajstić information content (AvgIpc) is 2.65. The zero-order chi connectivity index (χ0) is 14.4. The van der Waals surface area contributed by atoms with E-state index in [0.29, 0.717) is 0 Å². The Balaban J connectivity index is 1.77. The van der Waals surface area contributed by atoms with Gasteiger partial charge in [0.2, 0.25) is 0 Å². The first-order valence-electron chi connectivity index (χ1n) is 7.80. The number of nitrogens with two attached hydrogens (primary N) is 1. The van der Waals surface area contributed by atoms with Crippen molar-refractivity contribution >= 4 is 0 Å². The van der Waals surface area contributed by atoms with Crippen molar-refractivity contribution in [1.82, 2.24) is 4.90 Å². The molecule has 3 heteroatoms. The summed E-state index contributed by atoms with van der Waals surface area (Å²) in [5, 5.41) is 9.15. The van der Waals surface area contributed by atoms with Crippen molar-refractivity contribution < 1.29 is 5.11 Å². The van der Waals surface area contributed by atoms with Crippen molar-refractivity contribution in [3.63, 3.8) is 0 Å². The van der Waals surface area contributed by atoms with E-state index in [1.807, 2.05) is 6.92 Å². The van der Waals surface area contributed by atoms with Gasteiger partial charge >= 0.3 is 0 Å². The maximum atomic E-state index is 9.15. The molecule has 0 saturated carbocycles. The number of nitrogens with zero attached hydrogens (tertiary/aromatic N) is 1. The van der Waals surface area contributed by atoms with Crippen molar-refractivity contribution in [1.29, 1.82) is 0 Å². The fourth-order valence-corrected chi connectivity index (χ4v) is 2.90. The third-order valence-electron chi connectivity index (χ3n) is 4.27. The van der Waals surface area contributed by atoms with Gasteiger partial charge in [-0.1, -0.05) is 30.7 Å². The first kappa shape index (κ1) is 15.5. The Bertz CT molecular complexity index is 417. The lowest BCUT2D eigenvalue weighted by atomic mass is 9.97. The predicted molar refractivity (Wildman–Crippen MR) is 83.6 cm³/mol. The highest BCUT2D eigenvalue weighted by Gasteiger charge is 2.17. The van der Waals surface area contributed by atoms with Crippen LogP contribution in [-0.4, -0.2) is 35.2 Å². The van der Waals surface area contributed by atoms with E-state index in [-0.39, 0.29) is 6.61 Å². The van der Waals surface area contributed by atoms with E-state index in [0.717, 1.165) is 32.4 Å². The van der Waals surface area contributed by atoms with Crippen LogP contribution in [0.25, 0.3) is 0 Å². The zero-order valence-electron chi connectivity index (χ0n) is 12.6. The molecule has 0 fully saturated rings. The highest BCUT2D eigenvalue weighted by Crippen LogP contribution is 2.19. The second kappa shape index (κ2) is 7.21. The van der Waals surface area contributed by atoms with Gasteiger partial charge in [0.15, 0.2) is 0 Å². The molecule has 1 aliphatic rings. The summed E-state index contributed by atoms with van der Waals surface area (Å²) in [6.07, 6.45) is 5.61. The number of aryl methyl sites for hydroxylation is 1. The van der Waals surface area contributed by atoms with Gasteiger partial charge in [-0.15, -0.1) is 0 Å². The van der Waals surface area contributed by atoms with E-state index in [1.54, 1.807) is 0 Å². The van der Waals surface area contributed by atoms with E-state index in [1.165, 1.54) is 30.5 Å². The molecule has 1 aromatic carbocycles. The molecule has 2 rings (SSSR count). The molecule has 0 saturated heterocycles. The molecule has 1 heterocycles. The highest BCUT2D eigenvalue weighted by atomic mass is 16.3. The lowest BCUT2D eigenvalue weighted by molar-refractivity contribution is 0.193. The van der Waals surface area contributed by atoms with Gasteiger partial charge in [0, 0.05) is 12.1 Å². The predicted octanol–water partition coefficient (Wildman–Crippen LogP) is 2.31. The third-order valence-corrected chi connectivity index (χ3v) is 4.27. The molecule has 3 N–H and O–H groups in total. The van der Waals surface area contributed by atoms with Crippen LogP contribution in [0.1, 0.15) is 43.7 Å². The number of rotatable bonds is 6. The van der Waals surface area contributed by atoms with Crippen LogP contribution in [-0.2, 0) is 13.0 Å². The van der Waals surface area contributed by atoms with Crippen molar-refractivity contribution in [2.24, 2.45) is 5.73 Å². The standard InChI is InChI=1S/C17H28N2O/c1-17(18,14-20)10-4-5-11-19-12-6-9-15-7-2-3-8-16(15)13-19/h2-3,7-8,20H,4-6,9-14,18H2,1H3. The topological polar surface area (TPSA) is 49.5 Å². The first-order valence-corrected chi connectivity index (χ1v) is 7.80. The van der Waals surface area contributed by atoms with Crippen LogP contribution in [0.5, 0.6) is 0 Å². The van der Waals surface area contributed by atoms with Gasteiger partial charge in [-0.3, -0.25) is 4.90 Å². The fraction of sp³-hybridized carbons (Fsp3) is 0.647. The van der Waals surface area contributed by atoms with Crippen LogP contribution in [0.2, 0.25) is 0 Å². The summed E-state index contributed by atoms with van der Waals surface area (Å²) >= 11 is 0. The molecule has 1 atom stereocenters. The number of benzene rings is 1. The lowest BCUT2D eigenvalue weighted by Crippen LogP contribution is -2.40. The Labute approximate surface area is 122 Å². The molecule has 3 nitrogen and oxygen atoms in total. The molecule has 1 aliphatic heterocycles. The second-order valence-electron chi connectivity index (χ2n) is 6.42. The molecule has 0 radical (unpaired) electrons. The molecule has 20 heavy (non-hydrogen) atoms. The van der Waals surface area contributed by atoms with E-state index in [4.69, 9.17) is 10.8 Å². The van der Waals surface area contributed by atoms with Crippen LogP contribution >= 0.6 is 0 Å². The van der Waals surface area contributed by atoms with Gasteiger partial charge in [0.1, 0.15) is 0 Å². The normalized spacial score (nSPS) is 19.1. The summed E-state index contributed by atoms with van der Waals surface area (Å²) in [6.45, 7) is 5.40. The van der Waals surface area contributed by atoms with E-state index in [2.05, 4.69) is 29.2 Å². The number of fused-ring (bicyclic) bond motifs is 1. The molecule has 1 unspecified atom stereocenters. The molecular weight excluding hydrogens is 248 g/mol. The van der Waals surface area contributed by atoms with Crippen LogP contribution in [0.3, 0.4) is 0 Å². The maximum Gasteiger partial charge on any atom is 0.0608 e. The average molecular weight is 276 g/mol. The molecular formula is C17H28N2O. The van der Waals surface area contributed by atoms with Crippen LogP contribution in [0.15, 0.2) is 24.3 Å². The highest BCUT2D eigenvalue weighted by molar-refractivity contribution is 5.27. The first-order chi connectivity index (χ1) is 9.61. The van der Waals surface area contributed by atoms with Crippen LogP contribution in [0, 0.1) is 0 Å². The van der Waals surface area contributed by atoms with Crippen molar-refractivity contribution in [3.8, 4) is 0 Å². The summed E-state index contributed by atoms with van der Waals surface area (Å²) in [5.41, 5.74) is 8.56. The Hall–Kier alpha value is -0.900. The Morgan fingerprint density at radius 1 is 1.25 bits per heavy atom. The summed E-state index contributed by atoms with van der Waals surface area (Å²) in [5.74, 6) is 0. The van der Waals surface area contributed by atoms with Crippen LogP contribution in [0.4, 0.5) is 0 Å². The Kier molecular flexibility index (Phi) is 5.58. The van der Waals surface area contributed by atoms with Crippen molar-refractivity contribution in [2.45, 2.75) is 51.1 Å². The number of hydrogen-bond donors (Lipinski definition) is 2. The number of aliphatic hydroxyl groups is 1. The summed E-state index contributed by atoms with van der Waals surface area (Å²) in [7, 11) is 0. The minimum atomic E-state index is -0.411. The SMILES string of the molecule is CC(N)(CO)CCCCN1CCCc2ccccc2C1. The van der Waals surface area contributed by atoms with Gasteiger partial charge in [-0.2, -0.15) is 0 Å². The summed E-state index contributed by atoms with van der Waals surface area (Å²) in [4.78, 5) is 2.55. The monoisotopic (exact) mass is 276 g/mol. The second-order valence-corrected chi connectivity index (χ2v) is 6.42. The number of unbranched alkanes of at least 4 members (excludes halogenated alkanes) is 1. The Morgan fingerprint density at radius 3 is 2.75 bits per heavy atom. The molecule has 0 bridgehead atoms. The van der Waals surface area contributed by atoms with Gasteiger partial charge in [-0.25, -0.2) is 0 Å². The zero-order valence-corrected chi connectivity index (χ0v) is 12.6. The van der Waals surface area contributed by atoms with Gasteiger partial charge in [-0.05, 0) is 56.8 Å². The molecule has 0 amide bonds. The van der Waals surface area contributed by atoms with Gasteiger partial charge < -0.3 is 10.8 Å². The van der Waals surface area contributed by atoms with Crippen LogP contribution < -0.4 is 5.73 Å². The van der Waals surface area contributed by atoms with E-state index >= 15 is 0 Å². The Morgan fingerprint density at radius 2 is 2.00 bits per heavy atom. The molecule has 0 aromatic heterocycles. The molecule has 0 spiro atoms. The van der Waals surface area contributed by atoms with Gasteiger partial charge in [0.25, 0.3) is 0 Å². The largest absolute Gasteiger partial charge is 0.394 e. The smallest absolute Gasteiger partial charge is 0.0608 e. The minimum Gasteiger partial charge on any atom is -0.394 e. The lowest BCUT2D eigenvalue weighted by Gasteiger charge is -2.23. The van der Waals surface area contributed by atoms with Crippen molar-refractivity contribution in [2.75, 3.05) is 19.7 Å². The van der Waals surface area contributed by atoms with Crippen molar-refractivity contribution in [3.05, 3.63) is 35.4 Å². The quantitative estimate of drug-likeness (QED) is 0.784. The maximum absolute atomic E-state index is 9.15. The summed E-state index contributed by atoms with van der Waals surface area (Å²) < 4.78 is 0. The number of hydrogen-bond acceptors (Lipinski definition) is 3. The minimum absolute atomic E-state index is 0.0735.